The second kappa shape index (κ2) is 6.69. The molecule has 2 aromatic heterocycles. The summed E-state index contributed by atoms with van der Waals surface area (Å²) < 4.78 is 0. The van der Waals surface area contributed by atoms with E-state index < -0.39 is 23.0 Å². The smallest absolute Gasteiger partial charge is 0.155 e. The van der Waals surface area contributed by atoms with Crippen LogP contribution in [-0.2, 0) is 0 Å². The van der Waals surface area contributed by atoms with Gasteiger partial charge in [0.2, 0.25) is 0 Å². The molecule has 10 heteroatoms. The summed E-state index contributed by atoms with van der Waals surface area (Å²) in [4.78, 5) is 17.2. The van der Waals surface area contributed by atoms with Crippen molar-refractivity contribution in [3.63, 3.8) is 0 Å². The molecule has 0 saturated heterocycles. The number of para-hydroxylation sites is 2. The highest BCUT2D eigenvalue weighted by Crippen LogP contribution is 2.50. The number of hydrogen-bond acceptors (Lipinski definition) is 10. The van der Waals surface area contributed by atoms with E-state index in [1.165, 1.54) is 24.3 Å². The predicted molar refractivity (Wildman–Crippen MR) is 123 cm³/mol. The van der Waals surface area contributed by atoms with Crippen molar-refractivity contribution < 1.29 is 30.6 Å². The summed E-state index contributed by atoms with van der Waals surface area (Å²) in [6.07, 6.45) is 0. The molecule has 0 radical (unpaired) electrons. The number of aromatic hydroxyl groups is 6. The van der Waals surface area contributed by atoms with Crippen molar-refractivity contribution in [3.8, 4) is 45.6 Å². The zero-order valence-electron chi connectivity index (χ0n) is 17.1. The van der Waals surface area contributed by atoms with Gasteiger partial charge in [0, 0.05) is 12.1 Å². The van der Waals surface area contributed by atoms with Crippen molar-refractivity contribution in [2.45, 2.75) is 0 Å². The molecule has 6 N–H and O–H groups in total. The molecule has 6 aromatic rings. The Balaban J connectivity index is 1.68. The highest BCUT2D eigenvalue weighted by atomic mass is 16.3. The van der Waals surface area contributed by atoms with E-state index >= 15 is 0 Å². The fraction of sp³-hybridized carbons (Fsp3) is 0. The van der Waals surface area contributed by atoms with Gasteiger partial charge in [-0.3, -0.25) is 0 Å². The zero-order valence-corrected chi connectivity index (χ0v) is 17.1. The molecule has 10 nitrogen and oxygen atoms in total. The quantitative estimate of drug-likeness (QED) is 0.201. The molecule has 0 aliphatic carbocycles. The predicted octanol–water partition coefficient (Wildman–Crippen LogP) is 3.78. The number of aromatic nitrogens is 4. The van der Waals surface area contributed by atoms with Crippen molar-refractivity contribution in [1.29, 1.82) is 0 Å². The molecule has 0 aliphatic rings. The van der Waals surface area contributed by atoms with Gasteiger partial charge in [-0.05, 0) is 24.3 Å². The highest BCUT2D eigenvalue weighted by Gasteiger charge is 2.25. The largest absolute Gasteiger partial charge is 0.507 e. The molecule has 6 rings (SSSR count). The van der Waals surface area contributed by atoms with E-state index in [0.29, 0.717) is 11.0 Å². The average molecular weight is 454 g/mol. The van der Waals surface area contributed by atoms with Crippen molar-refractivity contribution in [2.75, 3.05) is 0 Å². The number of rotatable bonds is 1. The number of nitrogens with zero attached hydrogens (tertiary/aromatic N) is 4. The van der Waals surface area contributed by atoms with Gasteiger partial charge >= 0.3 is 0 Å². The minimum atomic E-state index is -0.538. The van der Waals surface area contributed by atoms with E-state index in [1.54, 1.807) is 24.3 Å². The fourth-order valence-electron chi connectivity index (χ4n) is 4.08. The summed E-state index contributed by atoms with van der Waals surface area (Å²) in [6.45, 7) is 0. The Hall–Kier alpha value is -5.12. The first-order valence-electron chi connectivity index (χ1n) is 10.0. The third-order valence-electron chi connectivity index (χ3n) is 5.63. The second-order valence-electron chi connectivity index (χ2n) is 7.71. The molecule has 0 spiro atoms. The van der Waals surface area contributed by atoms with E-state index in [2.05, 4.69) is 19.9 Å². The van der Waals surface area contributed by atoms with Gasteiger partial charge in [0.05, 0.1) is 33.2 Å². The van der Waals surface area contributed by atoms with Crippen molar-refractivity contribution >= 4 is 44.1 Å². The molecule has 0 saturated carbocycles. The lowest BCUT2D eigenvalue weighted by Gasteiger charge is -2.15. The molecule has 34 heavy (non-hydrogen) atoms. The minimum Gasteiger partial charge on any atom is -0.507 e. The maximum Gasteiger partial charge on any atom is 0.155 e. The van der Waals surface area contributed by atoms with Crippen LogP contribution in [0.25, 0.3) is 55.3 Å². The summed E-state index contributed by atoms with van der Waals surface area (Å²) in [7, 11) is 0. The van der Waals surface area contributed by atoms with Gasteiger partial charge < -0.3 is 30.6 Å². The standard InChI is InChI=1S/C24H14N4O6/c29-13-5-1-3-9-19(13)27-11-7-15(31)17(23(33)21(11)25-9)18-16(32)8-12-22(24(18)34)26-10-4-2-6-14(30)20(10)28-12/h1-8,29-34H. The molecule has 0 fully saturated rings. The SMILES string of the molecule is Oc1cc2nc3c(O)cccc3nc2c(O)c1-c1c(O)cc2nc3c(O)cccc3nc2c1O. The van der Waals surface area contributed by atoms with Crippen LogP contribution in [-0.4, -0.2) is 50.6 Å². The van der Waals surface area contributed by atoms with Crippen LogP contribution in [0.15, 0.2) is 48.5 Å². The number of phenols is 6. The molecular formula is C24H14N4O6. The van der Waals surface area contributed by atoms with E-state index in [1.807, 2.05) is 0 Å². The van der Waals surface area contributed by atoms with Gasteiger partial charge in [0.1, 0.15) is 45.1 Å². The first-order chi connectivity index (χ1) is 16.3. The van der Waals surface area contributed by atoms with Crippen LogP contribution in [0.1, 0.15) is 0 Å². The van der Waals surface area contributed by atoms with Crippen molar-refractivity contribution in [1.82, 2.24) is 19.9 Å². The second-order valence-corrected chi connectivity index (χ2v) is 7.71. The van der Waals surface area contributed by atoms with Crippen LogP contribution in [0, 0.1) is 0 Å². The lowest BCUT2D eigenvalue weighted by atomic mass is 9.98. The Morgan fingerprint density at radius 3 is 1.21 bits per heavy atom. The molecule has 0 aliphatic heterocycles. The maximum absolute atomic E-state index is 11.0. The molecule has 0 unspecified atom stereocenters. The Morgan fingerprint density at radius 2 is 0.794 bits per heavy atom. The lowest BCUT2D eigenvalue weighted by Crippen LogP contribution is -1.94. The summed E-state index contributed by atoms with van der Waals surface area (Å²) in [5.41, 5.74) is 0.548. The molecule has 4 aromatic carbocycles. The van der Waals surface area contributed by atoms with Gasteiger partial charge in [-0.25, -0.2) is 19.9 Å². The van der Waals surface area contributed by atoms with Gasteiger partial charge in [-0.1, -0.05) is 12.1 Å². The molecule has 2 heterocycles. The van der Waals surface area contributed by atoms with Crippen LogP contribution in [0.5, 0.6) is 34.5 Å². The van der Waals surface area contributed by atoms with Gasteiger partial charge in [-0.2, -0.15) is 0 Å². The molecular weight excluding hydrogens is 440 g/mol. The number of phenolic OH excluding ortho intramolecular Hbond substituents is 6. The lowest BCUT2D eigenvalue weighted by molar-refractivity contribution is 0.443. The van der Waals surface area contributed by atoms with Crippen LogP contribution < -0.4 is 0 Å². The van der Waals surface area contributed by atoms with Crippen LogP contribution in [0.2, 0.25) is 0 Å². The Labute approximate surface area is 189 Å². The van der Waals surface area contributed by atoms with Gasteiger partial charge in [0.15, 0.2) is 11.5 Å². The van der Waals surface area contributed by atoms with E-state index in [0.717, 1.165) is 0 Å². The summed E-state index contributed by atoms with van der Waals surface area (Å²) in [6, 6.07) is 11.6. The van der Waals surface area contributed by atoms with Crippen LogP contribution in [0.3, 0.4) is 0 Å². The minimum absolute atomic E-state index is 0.0145. The molecule has 0 amide bonds. The molecule has 166 valence electrons. The normalized spacial score (nSPS) is 11.6. The number of fused-ring (bicyclic) bond motifs is 4. The Morgan fingerprint density at radius 1 is 0.412 bits per heavy atom. The van der Waals surface area contributed by atoms with Crippen molar-refractivity contribution in [2.24, 2.45) is 0 Å². The van der Waals surface area contributed by atoms with Gasteiger partial charge in [0.25, 0.3) is 0 Å². The average Bonchev–Trinajstić information content (AvgIpc) is 2.80. The third kappa shape index (κ3) is 2.62. The Kier molecular flexibility index (Phi) is 3.85. The molecule has 0 bridgehead atoms. The summed E-state index contributed by atoms with van der Waals surface area (Å²) >= 11 is 0. The van der Waals surface area contributed by atoms with Gasteiger partial charge in [-0.15, -0.1) is 0 Å². The molecule has 0 atom stereocenters. The topological polar surface area (TPSA) is 173 Å². The van der Waals surface area contributed by atoms with Crippen LogP contribution in [0.4, 0.5) is 0 Å². The number of hydrogen-bond donors (Lipinski definition) is 6. The fourth-order valence-corrected chi connectivity index (χ4v) is 4.08. The van der Waals surface area contributed by atoms with E-state index in [-0.39, 0.29) is 55.7 Å². The van der Waals surface area contributed by atoms with Crippen LogP contribution >= 0.6 is 0 Å². The first-order valence-corrected chi connectivity index (χ1v) is 10.0. The third-order valence-corrected chi connectivity index (χ3v) is 5.63. The number of benzene rings is 4. The monoisotopic (exact) mass is 454 g/mol. The Bertz CT molecular complexity index is 1700. The van der Waals surface area contributed by atoms with Crippen molar-refractivity contribution in [3.05, 3.63) is 48.5 Å². The summed E-state index contributed by atoms with van der Waals surface area (Å²) in [5.74, 6) is -2.29. The van der Waals surface area contributed by atoms with E-state index in [4.69, 9.17) is 0 Å². The first kappa shape index (κ1) is 19.6. The highest BCUT2D eigenvalue weighted by molar-refractivity contribution is 6.04. The zero-order chi connectivity index (χ0) is 23.7. The summed E-state index contributed by atoms with van der Waals surface area (Å²) in [5, 5.41) is 63.6. The maximum atomic E-state index is 11.0. The van der Waals surface area contributed by atoms with E-state index in [9.17, 15) is 30.6 Å².